The van der Waals surface area contributed by atoms with Crippen molar-refractivity contribution in [1.29, 1.82) is 0 Å². The Bertz CT molecular complexity index is 327. The van der Waals surface area contributed by atoms with Gasteiger partial charge in [0.1, 0.15) is 11.6 Å². The minimum Gasteiger partial charge on any atom is -0.496 e. The SMILES string of the molecule is CCC(C)[C@H](N)c1ccc(F)cc1OC. The van der Waals surface area contributed by atoms with Gasteiger partial charge < -0.3 is 10.5 Å². The minimum absolute atomic E-state index is 0.106. The van der Waals surface area contributed by atoms with Gasteiger partial charge >= 0.3 is 0 Å². The molecule has 0 saturated carbocycles. The van der Waals surface area contributed by atoms with Gasteiger partial charge in [0.15, 0.2) is 0 Å². The smallest absolute Gasteiger partial charge is 0.126 e. The zero-order valence-electron chi connectivity index (χ0n) is 9.46. The van der Waals surface area contributed by atoms with Crippen LogP contribution < -0.4 is 10.5 Å². The van der Waals surface area contributed by atoms with E-state index in [-0.39, 0.29) is 11.9 Å². The third-order valence-corrected chi connectivity index (χ3v) is 2.81. The maximum Gasteiger partial charge on any atom is 0.126 e. The van der Waals surface area contributed by atoms with Gasteiger partial charge in [0, 0.05) is 17.7 Å². The van der Waals surface area contributed by atoms with Crippen LogP contribution in [0.2, 0.25) is 0 Å². The van der Waals surface area contributed by atoms with Crippen LogP contribution in [0, 0.1) is 11.7 Å². The highest BCUT2D eigenvalue weighted by atomic mass is 19.1. The maximum atomic E-state index is 13.0. The molecule has 0 aromatic heterocycles. The van der Waals surface area contributed by atoms with Gasteiger partial charge in [0.05, 0.1) is 7.11 Å². The molecule has 3 heteroatoms. The molecule has 0 radical (unpaired) electrons. The fourth-order valence-corrected chi connectivity index (χ4v) is 1.52. The van der Waals surface area contributed by atoms with E-state index in [0.29, 0.717) is 11.7 Å². The Kier molecular flexibility index (Phi) is 4.09. The second kappa shape index (κ2) is 5.12. The summed E-state index contributed by atoms with van der Waals surface area (Å²) in [7, 11) is 1.53. The zero-order valence-corrected chi connectivity index (χ0v) is 9.46. The first kappa shape index (κ1) is 12.0. The summed E-state index contributed by atoms with van der Waals surface area (Å²) >= 11 is 0. The van der Waals surface area contributed by atoms with E-state index >= 15 is 0 Å². The van der Waals surface area contributed by atoms with Crippen LogP contribution in [0.3, 0.4) is 0 Å². The molecule has 15 heavy (non-hydrogen) atoms. The average molecular weight is 211 g/mol. The molecule has 2 atom stereocenters. The van der Waals surface area contributed by atoms with Gasteiger partial charge in [-0.15, -0.1) is 0 Å². The van der Waals surface area contributed by atoms with Crippen LogP contribution in [0.4, 0.5) is 4.39 Å². The molecule has 0 aliphatic heterocycles. The van der Waals surface area contributed by atoms with Crippen LogP contribution in [0.15, 0.2) is 18.2 Å². The number of hydrogen-bond donors (Lipinski definition) is 1. The molecule has 0 spiro atoms. The normalized spacial score (nSPS) is 14.7. The van der Waals surface area contributed by atoms with Crippen molar-refractivity contribution in [3.05, 3.63) is 29.6 Å². The number of ether oxygens (including phenoxy) is 1. The van der Waals surface area contributed by atoms with Gasteiger partial charge in [0.25, 0.3) is 0 Å². The lowest BCUT2D eigenvalue weighted by Gasteiger charge is -2.20. The molecule has 0 aliphatic carbocycles. The lowest BCUT2D eigenvalue weighted by atomic mass is 9.93. The molecule has 0 amide bonds. The zero-order chi connectivity index (χ0) is 11.4. The molecule has 84 valence electrons. The summed E-state index contributed by atoms with van der Waals surface area (Å²) in [6, 6.07) is 4.38. The molecule has 1 unspecified atom stereocenters. The van der Waals surface area contributed by atoms with Crippen LogP contribution in [-0.4, -0.2) is 7.11 Å². The van der Waals surface area contributed by atoms with Gasteiger partial charge in [0.2, 0.25) is 0 Å². The topological polar surface area (TPSA) is 35.2 Å². The van der Waals surface area contributed by atoms with Gasteiger partial charge in [-0.2, -0.15) is 0 Å². The summed E-state index contributed by atoms with van der Waals surface area (Å²) in [6.45, 7) is 4.16. The number of rotatable bonds is 4. The highest BCUT2D eigenvalue weighted by Gasteiger charge is 2.17. The van der Waals surface area contributed by atoms with E-state index in [0.717, 1.165) is 12.0 Å². The molecular weight excluding hydrogens is 193 g/mol. The molecule has 0 heterocycles. The van der Waals surface area contributed by atoms with E-state index < -0.39 is 0 Å². The Morgan fingerprint density at radius 2 is 2.13 bits per heavy atom. The van der Waals surface area contributed by atoms with Crippen molar-refractivity contribution in [2.45, 2.75) is 26.3 Å². The van der Waals surface area contributed by atoms with Gasteiger partial charge in [-0.3, -0.25) is 0 Å². The van der Waals surface area contributed by atoms with Gasteiger partial charge in [-0.25, -0.2) is 4.39 Å². The van der Waals surface area contributed by atoms with Crippen molar-refractivity contribution >= 4 is 0 Å². The first-order chi connectivity index (χ1) is 7.10. The Morgan fingerprint density at radius 1 is 1.47 bits per heavy atom. The number of nitrogens with two attached hydrogens (primary N) is 1. The molecule has 1 rings (SSSR count). The standard InChI is InChI=1S/C12H18FNO/c1-4-8(2)12(14)10-6-5-9(13)7-11(10)15-3/h5-8,12H,4,14H2,1-3H3/t8?,12-/m0/s1. The number of halogens is 1. The third-order valence-electron chi connectivity index (χ3n) is 2.81. The molecule has 0 fully saturated rings. The van der Waals surface area contributed by atoms with E-state index in [1.54, 1.807) is 6.07 Å². The number of benzene rings is 1. The van der Waals surface area contributed by atoms with Crippen LogP contribution >= 0.6 is 0 Å². The predicted octanol–water partition coefficient (Wildman–Crippen LogP) is 2.88. The quantitative estimate of drug-likeness (QED) is 0.831. The molecule has 0 bridgehead atoms. The van der Waals surface area contributed by atoms with Crippen molar-refractivity contribution < 1.29 is 9.13 Å². The summed E-state index contributed by atoms with van der Waals surface area (Å²) in [5.74, 6) is 0.583. The third kappa shape index (κ3) is 2.69. The Balaban J connectivity index is 3.02. The largest absolute Gasteiger partial charge is 0.496 e. The first-order valence-electron chi connectivity index (χ1n) is 5.19. The van der Waals surface area contributed by atoms with E-state index in [1.165, 1.54) is 19.2 Å². The molecule has 2 nitrogen and oxygen atoms in total. The van der Waals surface area contributed by atoms with Crippen molar-refractivity contribution in [3.63, 3.8) is 0 Å². The molecule has 1 aromatic rings. The van der Waals surface area contributed by atoms with Gasteiger partial charge in [-0.05, 0) is 12.0 Å². The van der Waals surface area contributed by atoms with E-state index in [1.807, 2.05) is 0 Å². The summed E-state index contributed by atoms with van der Waals surface area (Å²) in [5, 5.41) is 0. The average Bonchev–Trinajstić information content (AvgIpc) is 2.26. The predicted molar refractivity (Wildman–Crippen MR) is 59.3 cm³/mol. The summed E-state index contributed by atoms with van der Waals surface area (Å²) in [5.41, 5.74) is 6.94. The number of hydrogen-bond acceptors (Lipinski definition) is 2. The Morgan fingerprint density at radius 3 is 2.67 bits per heavy atom. The Hall–Kier alpha value is -1.09. The molecule has 2 N–H and O–H groups in total. The van der Waals surface area contributed by atoms with Crippen molar-refractivity contribution in [3.8, 4) is 5.75 Å². The van der Waals surface area contributed by atoms with Crippen molar-refractivity contribution in [2.24, 2.45) is 11.7 Å². The lowest BCUT2D eigenvalue weighted by Crippen LogP contribution is -2.19. The monoisotopic (exact) mass is 211 g/mol. The van der Waals surface area contributed by atoms with E-state index in [4.69, 9.17) is 10.5 Å². The summed E-state index contributed by atoms with van der Waals surface area (Å²) < 4.78 is 18.1. The molecule has 1 aromatic carbocycles. The van der Waals surface area contributed by atoms with E-state index in [9.17, 15) is 4.39 Å². The van der Waals surface area contributed by atoms with Crippen LogP contribution in [0.25, 0.3) is 0 Å². The van der Waals surface area contributed by atoms with Crippen molar-refractivity contribution in [1.82, 2.24) is 0 Å². The fraction of sp³-hybridized carbons (Fsp3) is 0.500. The van der Waals surface area contributed by atoms with Crippen LogP contribution in [0.1, 0.15) is 31.9 Å². The maximum absolute atomic E-state index is 13.0. The molecule has 0 aliphatic rings. The lowest BCUT2D eigenvalue weighted by molar-refractivity contribution is 0.385. The van der Waals surface area contributed by atoms with Crippen molar-refractivity contribution in [2.75, 3.05) is 7.11 Å². The fourth-order valence-electron chi connectivity index (χ4n) is 1.52. The first-order valence-corrected chi connectivity index (χ1v) is 5.19. The molecular formula is C12H18FNO. The summed E-state index contributed by atoms with van der Waals surface area (Å²) in [4.78, 5) is 0. The highest BCUT2D eigenvalue weighted by molar-refractivity contribution is 5.36. The second-order valence-corrected chi connectivity index (χ2v) is 3.80. The van der Waals surface area contributed by atoms with E-state index in [2.05, 4.69) is 13.8 Å². The van der Waals surface area contributed by atoms with Crippen LogP contribution in [-0.2, 0) is 0 Å². The molecule has 0 saturated heterocycles. The number of methoxy groups -OCH3 is 1. The van der Waals surface area contributed by atoms with Crippen LogP contribution in [0.5, 0.6) is 5.75 Å². The van der Waals surface area contributed by atoms with Gasteiger partial charge in [-0.1, -0.05) is 26.3 Å². The second-order valence-electron chi connectivity index (χ2n) is 3.80. The highest BCUT2D eigenvalue weighted by Crippen LogP contribution is 2.30. The Labute approximate surface area is 90.2 Å². The summed E-state index contributed by atoms with van der Waals surface area (Å²) in [6.07, 6.45) is 0.988. The minimum atomic E-state index is -0.299.